The van der Waals surface area contributed by atoms with Crippen LogP contribution >= 0.6 is 10.7 Å². The van der Waals surface area contributed by atoms with Gasteiger partial charge in [-0.05, 0) is 25.1 Å². The highest BCUT2D eigenvalue weighted by Crippen LogP contribution is 2.25. The van der Waals surface area contributed by atoms with Gasteiger partial charge in [-0.25, -0.2) is 13.2 Å². The van der Waals surface area contributed by atoms with E-state index in [1.807, 2.05) is 6.92 Å². The fourth-order valence-electron chi connectivity index (χ4n) is 1.80. The maximum absolute atomic E-state index is 11.6. The molecule has 1 heterocycles. The molecule has 0 atom stereocenters. The van der Waals surface area contributed by atoms with Crippen molar-refractivity contribution in [2.45, 2.75) is 18.4 Å². The molecule has 19 heavy (non-hydrogen) atoms. The predicted octanol–water partition coefficient (Wildman–Crippen LogP) is 1.77. The SMILES string of the molecule is CCn1nc(C(=O)OC)c2cc(S(=O)(=O)Cl)ccc21. The number of halogens is 1. The van der Waals surface area contributed by atoms with E-state index in [0.717, 1.165) is 0 Å². The minimum Gasteiger partial charge on any atom is -0.464 e. The number of hydrogen-bond donors (Lipinski definition) is 0. The van der Waals surface area contributed by atoms with Gasteiger partial charge >= 0.3 is 5.97 Å². The summed E-state index contributed by atoms with van der Waals surface area (Å²) in [5.41, 5.74) is 0.716. The average Bonchev–Trinajstić information content (AvgIpc) is 2.74. The van der Waals surface area contributed by atoms with Gasteiger partial charge in [0, 0.05) is 22.6 Å². The van der Waals surface area contributed by atoms with E-state index in [9.17, 15) is 13.2 Å². The van der Waals surface area contributed by atoms with E-state index < -0.39 is 15.0 Å². The van der Waals surface area contributed by atoms with E-state index >= 15 is 0 Å². The van der Waals surface area contributed by atoms with E-state index in [2.05, 4.69) is 9.84 Å². The number of aromatic nitrogens is 2. The molecule has 1 aromatic carbocycles. The number of hydrogen-bond acceptors (Lipinski definition) is 5. The molecule has 0 aliphatic heterocycles. The van der Waals surface area contributed by atoms with Crippen LogP contribution in [0.25, 0.3) is 10.9 Å². The highest BCUT2D eigenvalue weighted by atomic mass is 35.7. The normalized spacial score (nSPS) is 11.7. The van der Waals surface area contributed by atoms with E-state index in [1.54, 1.807) is 10.7 Å². The summed E-state index contributed by atoms with van der Waals surface area (Å²) in [5.74, 6) is -0.624. The van der Waals surface area contributed by atoms with Gasteiger partial charge in [-0.1, -0.05) is 0 Å². The van der Waals surface area contributed by atoms with E-state index in [4.69, 9.17) is 10.7 Å². The number of nitrogens with zero attached hydrogens (tertiary/aromatic N) is 2. The molecule has 0 saturated heterocycles. The van der Waals surface area contributed by atoms with Crippen molar-refractivity contribution in [1.29, 1.82) is 0 Å². The first kappa shape index (κ1) is 13.8. The summed E-state index contributed by atoms with van der Waals surface area (Å²) in [5, 5.41) is 4.50. The summed E-state index contributed by atoms with van der Waals surface area (Å²) in [7, 11) is 2.67. The minimum atomic E-state index is -3.86. The third kappa shape index (κ3) is 2.43. The lowest BCUT2D eigenvalue weighted by Crippen LogP contribution is -2.04. The maximum Gasteiger partial charge on any atom is 0.359 e. The molecule has 2 rings (SSSR count). The average molecular weight is 303 g/mol. The third-order valence-electron chi connectivity index (χ3n) is 2.68. The molecule has 0 amide bonds. The van der Waals surface area contributed by atoms with Crippen molar-refractivity contribution < 1.29 is 17.9 Å². The second kappa shape index (κ2) is 4.82. The summed E-state index contributed by atoms with van der Waals surface area (Å²) in [6, 6.07) is 4.26. The molecule has 0 spiro atoms. The van der Waals surface area contributed by atoms with Gasteiger partial charge < -0.3 is 4.74 Å². The van der Waals surface area contributed by atoms with E-state index in [0.29, 0.717) is 17.4 Å². The molecule has 0 radical (unpaired) electrons. The molecular weight excluding hydrogens is 292 g/mol. The standard InChI is InChI=1S/C11H11ClN2O4S/c1-3-14-9-5-4-7(19(12,16)17)6-8(9)10(13-14)11(15)18-2/h4-6H,3H2,1-2H3. The summed E-state index contributed by atoms with van der Waals surface area (Å²) >= 11 is 0. The number of fused-ring (bicyclic) bond motifs is 1. The van der Waals surface area contributed by atoms with Gasteiger partial charge in [0.25, 0.3) is 9.05 Å². The highest BCUT2D eigenvalue weighted by molar-refractivity contribution is 8.13. The van der Waals surface area contributed by atoms with Crippen molar-refractivity contribution in [3.05, 3.63) is 23.9 Å². The zero-order valence-electron chi connectivity index (χ0n) is 10.3. The smallest absolute Gasteiger partial charge is 0.359 e. The summed E-state index contributed by atoms with van der Waals surface area (Å²) in [6.45, 7) is 2.40. The lowest BCUT2D eigenvalue weighted by molar-refractivity contribution is 0.0595. The Kier molecular flexibility index (Phi) is 3.51. The van der Waals surface area contributed by atoms with Crippen LogP contribution < -0.4 is 0 Å². The van der Waals surface area contributed by atoms with Gasteiger partial charge in [-0.3, -0.25) is 4.68 Å². The van der Waals surface area contributed by atoms with Gasteiger partial charge in [0.15, 0.2) is 5.69 Å². The summed E-state index contributed by atoms with van der Waals surface area (Å²) < 4.78 is 28.9. The Balaban J connectivity index is 2.79. The molecule has 0 aliphatic rings. The number of carbonyl (C=O) groups is 1. The van der Waals surface area contributed by atoms with Crippen molar-refractivity contribution in [2.75, 3.05) is 7.11 Å². The van der Waals surface area contributed by atoms with Crippen molar-refractivity contribution in [3.63, 3.8) is 0 Å². The Labute approximate surface area is 114 Å². The molecule has 1 aromatic heterocycles. The van der Waals surface area contributed by atoms with Crippen molar-refractivity contribution in [3.8, 4) is 0 Å². The third-order valence-corrected chi connectivity index (χ3v) is 4.03. The van der Waals surface area contributed by atoms with E-state index in [1.165, 1.54) is 19.2 Å². The second-order valence-corrected chi connectivity index (χ2v) is 6.34. The van der Waals surface area contributed by atoms with E-state index in [-0.39, 0.29) is 10.6 Å². The first-order valence-electron chi connectivity index (χ1n) is 5.42. The van der Waals surface area contributed by atoms with Crippen LogP contribution in [0.5, 0.6) is 0 Å². The molecule has 0 N–H and O–H groups in total. The Morgan fingerprint density at radius 2 is 2.16 bits per heavy atom. The quantitative estimate of drug-likeness (QED) is 0.638. The molecule has 2 aromatic rings. The summed E-state index contributed by atoms with van der Waals surface area (Å²) in [6.07, 6.45) is 0. The van der Waals surface area contributed by atoms with Crippen LogP contribution in [-0.2, 0) is 20.3 Å². The number of benzene rings is 1. The fourth-order valence-corrected chi connectivity index (χ4v) is 2.58. The fraction of sp³-hybridized carbons (Fsp3) is 0.273. The number of carbonyl (C=O) groups excluding carboxylic acids is 1. The number of rotatable bonds is 3. The van der Waals surface area contributed by atoms with Crippen LogP contribution in [0.3, 0.4) is 0 Å². The van der Waals surface area contributed by atoms with Crippen LogP contribution in [0, 0.1) is 0 Å². The molecule has 6 nitrogen and oxygen atoms in total. The monoisotopic (exact) mass is 302 g/mol. The van der Waals surface area contributed by atoms with Gasteiger partial charge in [0.1, 0.15) is 0 Å². The van der Waals surface area contributed by atoms with Crippen molar-refractivity contribution in [1.82, 2.24) is 9.78 Å². The lowest BCUT2D eigenvalue weighted by Gasteiger charge is -1.99. The van der Waals surface area contributed by atoms with Gasteiger partial charge in [-0.2, -0.15) is 5.10 Å². The second-order valence-electron chi connectivity index (χ2n) is 3.77. The topological polar surface area (TPSA) is 78.3 Å². The maximum atomic E-state index is 11.6. The van der Waals surface area contributed by atoms with Crippen LogP contribution in [0.1, 0.15) is 17.4 Å². The number of esters is 1. The molecular formula is C11H11ClN2O4S. The minimum absolute atomic E-state index is 0.0708. The first-order chi connectivity index (χ1) is 8.88. The van der Waals surface area contributed by atoms with Crippen LogP contribution in [-0.4, -0.2) is 31.3 Å². The first-order valence-corrected chi connectivity index (χ1v) is 7.73. The lowest BCUT2D eigenvalue weighted by atomic mass is 10.2. The van der Waals surface area contributed by atoms with Crippen molar-refractivity contribution in [2.24, 2.45) is 0 Å². The molecule has 8 heteroatoms. The Bertz CT molecular complexity index is 751. The Hall–Kier alpha value is -1.60. The van der Waals surface area contributed by atoms with Crippen LogP contribution in [0.2, 0.25) is 0 Å². The zero-order valence-corrected chi connectivity index (χ0v) is 11.8. The largest absolute Gasteiger partial charge is 0.464 e. The van der Waals surface area contributed by atoms with Crippen molar-refractivity contribution >= 4 is 36.6 Å². The number of aryl methyl sites for hydroxylation is 1. The number of methoxy groups -OCH3 is 1. The Morgan fingerprint density at radius 3 is 2.68 bits per heavy atom. The predicted molar refractivity (Wildman–Crippen MR) is 69.8 cm³/mol. The Morgan fingerprint density at radius 1 is 1.47 bits per heavy atom. The van der Waals surface area contributed by atoms with Gasteiger partial charge in [0.05, 0.1) is 17.5 Å². The molecule has 0 unspecified atom stereocenters. The van der Waals surface area contributed by atoms with Gasteiger partial charge in [0.2, 0.25) is 0 Å². The molecule has 0 saturated carbocycles. The molecule has 102 valence electrons. The molecule has 0 aliphatic carbocycles. The zero-order chi connectivity index (χ0) is 14.2. The van der Waals surface area contributed by atoms with Gasteiger partial charge in [-0.15, -0.1) is 0 Å². The van der Waals surface area contributed by atoms with Crippen LogP contribution in [0.4, 0.5) is 0 Å². The number of ether oxygens (including phenoxy) is 1. The molecule has 0 fully saturated rings. The molecule has 0 bridgehead atoms. The highest BCUT2D eigenvalue weighted by Gasteiger charge is 2.20. The summed E-state index contributed by atoms with van der Waals surface area (Å²) in [4.78, 5) is 11.6. The van der Waals surface area contributed by atoms with Crippen LogP contribution in [0.15, 0.2) is 23.1 Å².